The van der Waals surface area contributed by atoms with Crippen LogP contribution in [0.5, 0.6) is 0 Å². The molecule has 7 N–H and O–H groups in total. The van der Waals surface area contributed by atoms with Gasteiger partial charge >= 0.3 is 42.7 Å². The van der Waals surface area contributed by atoms with Crippen LogP contribution in [0.25, 0.3) is 0 Å². The molecule has 14 atom stereocenters. The average molecular weight is 994 g/mol. The Labute approximate surface area is 364 Å². The van der Waals surface area contributed by atoms with Crippen LogP contribution in [0, 0.1) is 0 Å². The van der Waals surface area contributed by atoms with Crippen molar-refractivity contribution in [3.8, 4) is 0 Å². The number of H-pyrrole nitrogens is 1. The number of phosphoric ester groups is 2. The number of fused-ring (bicyclic) bond motifs is 2. The van der Waals surface area contributed by atoms with E-state index in [2.05, 4.69) is 22.9 Å². The molecule has 4 aliphatic heterocycles. The first-order valence-electron chi connectivity index (χ1n) is 19.1. The van der Waals surface area contributed by atoms with Gasteiger partial charge in [-0.3, -0.25) is 28.0 Å². The van der Waals surface area contributed by atoms with Crippen LogP contribution in [0.1, 0.15) is 23.6 Å². The SMILES string of the molecule is Nc1ccn([C@@H]2O[C@H](COP(=O)(O)OP(=O)(O)OP(=O)(O)OP(=O)(O)OC[C@@H]3O[C@H](n4ccc(=O)[nH]c4=O)[C@H]4OC(Cc5ccccc5)O[C@H]43)[C@H]3OC(Cc4ccccc4)O[C@H]32)c(=O)n1. The molecule has 0 aliphatic carbocycles. The lowest BCUT2D eigenvalue weighted by Gasteiger charge is -2.23. The highest BCUT2D eigenvalue weighted by atomic mass is 31.3. The number of rotatable bonds is 18. The molecule has 6 heterocycles. The van der Waals surface area contributed by atoms with E-state index in [1.165, 1.54) is 12.3 Å². The summed E-state index contributed by atoms with van der Waals surface area (Å²) in [5.41, 5.74) is 4.78. The molecule has 8 rings (SSSR count). The van der Waals surface area contributed by atoms with Crippen LogP contribution in [0.3, 0.4) is 0 Å². The van der Waals surface area contributed by atoms with Gasteiger partial charge in [0.05, 0.1) is 13.2 Å². The fraction of sp³-hybridized carbons (Fsp3) is 0.412. The van der Waals surface area contributed by atoms with Crippen LogP contribution < -0.4 is 22.7 Å². The predicted octanol–water partition coefficient (Wildman–Crippen LogP) is 1.36. The zero-order chi connectivity index (χ0) is 46.3. The molecule has 0 saturated carbocycles. The lowest BCUT2D eigenvalue weighted by atomic mass is 10.1. The normalized spacial score (nSPS) is 31.0. The Hall–Kier alpha value is -3.88. The lowest BCUT2D eigenvalue weighted by Crippen LogP contribution is -2.36. The molecule has 4 fully saturated rings. The van der Waals surface area contributed by atoms with E-state index in [-0.39, 0.29) is 18.7 Å². The van der Waals surface area contributed by atoms with Gasteiger partial charge in [-0.15, -0.1) is 0 Å². The number of hydrogen-bond acceptors (Lipinski definition) is 20. The number of ether oxygens (including phenoxy) is 6. The van der Waals surface area contributed by atoms with Gasteiger partial charge in [-0.05, 0) is 17.2 Å². The summed E-state index contributed by atoms with van der Waals surface area (Å²) in [7, 11) is -24.0. The third-order valence-corrected chi connectivity index (χ3v) is 15.9. The van der Waals surface area contributed by atoms with Crippen molar-refractivity contribution in [3.05, 3.63) is 128 Å². The highest BCUT2D eigenvalue weighted by Crippen LogP contribution is 2.71. The second-order valence-electron chi connectivity index (χ2n) is 14.5. The standard InChI is InChI=1S/C34H39N5O22P4/c35-23-11-13-38(33(41)36-23)31-29-27(55-25(57-29)15-19-7-3-1-4-8-19)21(53-31)17-51-62(43,44)59-64(47,48)61-65(49,50)60-63(45,46)52-18-22-28-30(32(54-22)39-14-12-24(40)37-34(39)42)58-26(56-28)16-20-9-5-2-6-10-20/h1-14,21-22,25-32H,15-18H2,(H,43,44)(H,45,46)(H,47,48)(H,49,50)(H2,35,36,41)(H,37,40,42)/t21-,22+,25?,26?,27-,28+,29-,30+,31-,32+/m1/s1. The minimum atomic E-state index is -6.21. The quantitative estimate of drug-likeness (QED) is 0.0766. The smallest absolute Gasteiger partial charge is 0.383 e. The summed E-state index contributed by atoms with van der Waals surface area (Å²) in [4.78, 5) is 83.9. The summed E-state index contributed by atoms with van der Waals surface area (Å²) < 4.78 is 111. The van der Waals surface area contributed by atoms with Crippen LogP contribution in [0.2, 0.25) is 0 Å². The Kier molecular flexibility index (Phi) is 13.9. The molecule has 0 radical (unpaired) electrons. The molecule has 65 heavy (non-hydrogen) atoms. The lowest BCUT2D eigenvalue weighted by molar-refractivity contribution is -0.150. The zero-order valence-corrected chi connectivity index (χ0v) is 36.6. The second kappa shape index (κ2) is 19.0. The molecule has 0 spiro atoms. The molecular formula is C34H39N5O22P4. The van der Waals surface area contributed by atoms with Gasteiger partial charge in [0, 0.05) is 31.3 Å². The molecular weight excluding hydrogens is 954 g/mol. The number of nitrogens with two attached hydrogens (primary N) is 1. The number of benzene rings is 2. The van der Waals surface area contributed by atoms with E-state index in [0.29, 0.717) is 0 Å². The number of nitrogen functional groups attached to an aromatic ring is 1. The number of aromatic nitrogens is 4. The predicted molar refractivity (Wildman–Crippen MR) is 214 cm³/mol. The average Bonchev–Trinajstić information content (AvgIpc) is 3.97. The Morgan fingerprint density at radius 3 is 1.48 bits per heavy atom. The molecule has 4 aromatic rings. The number of hydrogen-bond donors (Lipinski definition) is 6. The van der Waals surface area contributed by atoms with E-state index >= 15 is 0 Å². The summed E-state index contributed by atoms with van der Waals surface area (Å²) in [6, 6.07) is 20.3. The summed E-state index contributed by atoms with van der Waals surface area (Å²) in [6.07, 6.45) is -8.48. The Morgan fingerprint density at radius 2 is 1.02 bits per heavy atom. The minimum Gasteiger partial charge on any atom is -0.383 e. The van der Waals surface area contributed by atoms with E-state index in [1.54, 1.807) is 48.5 Å². The molecule has 2 aromatic carbocycles. The van der Waals surface area contributed by atoms with E-state index in [9.17, 15) is 52.2 Å². The fourth-order valence-corrected chi connectivity index (χ4v) is 12.3. The molecule has 2 aromatic heterocycles. The van der Waals surface area contributed by atoms with Gasteiger partial charge in [-0.1, -0.05) is 60.7 Å². The molecule has 0 amide bonds. The van der Waals surface area contributed by atoms with Gasteiger partial charge in [0.2, 0.25) is 0 Å². The minimum absolute atomic E-state index is 0.0926. The van der Waals surface area contributed by atoms with E-state index in [0.717, 1.165) is 32.5 Å². The van der Waals surface area contributed by atoms with Crippen LogP contribution in [0.15, 0.2) is 99.6 Å². The maximum Gasteiger partial charge on any atom is 0.490 e. The maximum atomic E-state index is 12.9. The van der Waals surface area contributed by atoms with E-state index in [1.807, 2.05) is 12.1 Å². The number of nitrogens with zero attached hydrogens (tertiary/aromatic N) is 3. The third-order valence-electron chi connectivity index (χ3n) is 9.97. The van der Waals surface area contributed by atoms with Crippen molar-refractivity contribution in [2.45, 2.75) is 74.5 Å². The van der Waals surface area contributed by atoms with Crippen molar-refractivity contribution in [2.24, 2.45) is 0 Å². The Morgan fingerprint density at radius 1 is 0.585 bits per heavy atom. The van der Waals surface area contributed by atoms with E-state index in [4.69, 9.17) is 43.2 Å². The first-order valence-corrected chi connectivity index (χ1v) is 25.1. The first-order chi connectivity index (χ1) is 30.7. The molecule has 4 aliphatic rings. The Balaban J connectivity index is 0.880. The van der Waals surface area contributed by atoms with Gasteiger partial charge in [0.25, 0.3) is 5.56 Å². The van der Waals surface area contributed by atoms with Gasteiger partial charge in [0.15, 0.2) is 25.0 Å². The third kappa shape index (κ3) is 11.6. The van der Waals surface area contributed by atoms with Crippen molar-refractivity contribution in [1.29, 1.82) is 0 Å². The topological polar surface area (TPSA) is 366 Å². The molecule has 4 saturated heterocycles. The maximum absolute atomic E-state index is 12.9. The van der Waals surface area contributed by atoms with Crippen LogP contribution >= 0.6 is 31.3 Å². The van der Waals surface area contributed by atoms with Crippen LogP contribution in [-0.2, 0) is 81.5 Å². The molecule has 0 bridgehead atoms. The monoisotopic (exact) mass is 993 g/mol. The van der Waals surface area contributed by atoms with Crippen molar-refractivity contribution in [1.82, 2.24) is 19.1 Å². The summed E-state index contributed by atoms with van der Waals surface area (Å²) in [5.74, 6) is -0.0926. The van der Waals surface area contributed by atoms with Crippen molar-refractivity contribution in [3.63, 3.8) is 0 Å². The van der Waals surface area contributed by atoms with Gasteiger partial charge in [-0.25, -0.2) is 27.8 Å². The molecule has 31 heteroatoms. The van der Waals surface area contributed by atoms with Crippen molar-refractivity contribution in [2.75, 3.05) is 18.9 Å². The zero-order valence-electron chi connectivity index (χ0n) is 33.0. The van der Waals surface area contributed by atoms with E-state index < -0.39 is 123 Å². The second-order valence-corrected chi connectivity index (χ2v) is 20.8. The summed E-state index contributed by atoms with van der Waals surface area (Å²) in [6.45, 7) is -1.91. The number of anilines is 1. The van der Waals surface area contributed by atoms with Gasteiger partial charge < -0.3 is 53.7 Å². The molecule has 27 nitrogen and oxygen atoms in total. The first kappa shape index (κ1) is 47.6. The summed E-state index contributed by atoms with van der Waals surface area (Å²) in [5, 5.41) is 0. The highest BCUT2D eigenvalue weighted by molar-refractivity contribution is 7.69. The van der Waals surface area contributed by atoms with Crippen molar-refractivity contribution >= 4 is 37.1 Å². The number of phosphoric acid groups is 4. The largest absolute Gasteiger partial charge is 0.490 e. The summed E-state index contributed by atoms with van der Waals surface area (Å²) >= 11 is 0. The number of nitrogens with one attached hydrogen (secondary N) is 1. The highest BCUT2D eigenvalue weighted by Gasteiger charge is 2.56. The van der Waals surface area contributed by atoms with Crippen LogP contribution in [-0.4, -0.2) is 101 Å². The fourth-order valence-electron chi connectivity index (χ4n) is 7.37. The Bertz CT molecular complexity index is 2730. The van der Waals surface area contributed by atoms with Gasteiger partial charge in [-0.2, -0.15) is 17.9 Å². The van der Waals surface area contributed by atoms with Crippen LogP contribution in [0.4, 0.5) is 5.82 Å². The molecule has 352 valence electrons. The van der Waals surface area contributed by atoms with Crippen molar-refractivity contribution < 1.29 is 88.2 Å². The van der Waals surface area contributed by atoms with Gasteiger partial charge in [0.1, 0.15) is 42.4 Å². The molecule has 6 unspecified atom stereocenters. The number of aromatic amines is 1.